The van der Waals surface area contributed by atoms with Crippen LogP contribution in [0.4, 0.5) is 5.82 Å². The summed E-state index contributed by atoms with van der Waals surface area (Å²) in [5.74, 6) is 0.311. The maximum atomic E-state index is 12.7. The molecule has 3 heterocycles. The van der Waals surface area contributed by atoms with E-state index in [9.17, 15) is 8.42 Å². The van der Waals surface area contributed by atoms with Crippen LogP contribution >= 0.6 is 0 Å². The first-order valence-corrected chi connectivity index (χ1v) is 7.90. The summed E-state index contributed by atoms with van der Waals surface area (Å²) in [5, 5.41) is 0. The lowest BCUT2D eigenvalue weighted by Gasteiger charge is -2.23. The lowest BCUT2D eigenvalue weighted by Crippen LogP contribution is -2.31. The van der Waals surface area contributed by atoms with Crippen LogP contribution in [0.25, 0.3) is 0 Å². The van der Waals surface area contributed by atoms with Gasteiger partial charge in [-0.1, -0.05) is 0 Å². The van der Waals surface area contributed by atoms with E-state index in [-0.39, 0.29) is 10.9 Å². The molecule has 0 aromatic carbocycles. The van der Waals surface area contributed by atoms with Gasteiger partial charge in [0.1, 0.15) is 10.7 Å². The van der Waals surface area contributed by atoms with Crippen molar-refractivity contribution in [1.82, 2.24) is 14.3 Å². The summed E-state index contributed by atoms with van der Waals surface area (Å²) in [7, 11) is -3.54. The van der Waals surface area contributed by atoms with Crippen LogP contribution in [0.1, 0.15) is 24.6 Å². The van der Waals surface area contributed by atoms with Crippen molar-refractivity contribution in [2.24, 2.45) is 0 Å². The molecule has 2 aromatic heterocycles. The normalized spacial score (nSPS) is 20.3. The average Bonchev–Trinajstić information content (AvgIpc) is 3.10. The van der Waals surface area contributed by atoms with Crippen molar-refractivity contribution in [2.45, 2.75) is 23.8 Å². The summed E-state index contributed by atoms with van der Waals surface area (Å²) < 4.78 is 26.9. The molecule has 1 aliphatic heterocycles. The standard InChI is InChI=1S/C13H16N4O2S/c14-13-6-5-10(9-16-13)20(18,19)17-8-2-4-12(17)11-3-1-7-15-11/h1,3,5-7,9,12,15H,2,4,8H2,(H2,14,16). The number of hydrogen-bond acceptors (Lipinski definition) is 4. The summed E-state index contributed by atoms with van der Waals surface area (Å²) in [5.41, 5.74) is 6.43. The molecule has 1 fully saturated rings. The molecule has 1 saturated heterocycles. The third-order valence-electron chi connectivity index (χ3n) is 3.55. The molecule has 0 amide bonds. The Morgan fingerprint density at radius 1 is 1.35 bits per heavy atom. The minimum atomic E-state index is -3.54. The van der Waals surface area contributed by atoms with Gasteiger partial charge in [-0.25, -0.2) is 13.4 Å². The summed E-state index contributed by atoms with van der Waals surface area (Å²) in [6, 6.07) is 6.67. The van der Waals surface area contributed by atoms with Crippen molar-refractivity contribution in [3.63, 3.8) is 0 Å². The number of aromatic amines is 1. The Balaban J connectivity index is 1.96. The molecule has 1 aliphatic rings. The van der Waals surface area contributed by atoms with E-state index in [0.29, 0.717) is 12.4 Å². The van der Waals surface area contributed by atoms with Gasteiger partial charge in [0.25, 0.3) is 0 Å². The number of anilines is 1. The van der Waals surface area contributed by atoms with Crippen molar-refractivity contribution in [1.29, 1.82) is 0 Å². The van der Waals surface area contributed by atoms with Gasteiger partial charge < -0.3 is 10.7 Å². The Kier molecular flexibility index (Phi) is 3.23. The minimum Gasteiger partial charge on any atom is -0.384 e. The molecule has 106 valence electrons. The molecular formula is C13H16N4O2S. The second-order valence-corrected chi connectivity index (χ2v) is 6.71. The molecule has 6 nitrogen and oxygen atoms in total. The molecule has 1 atom stereocenters. The van der Waals surface area contributed by atoms with Crippen LogP contribution in [-0.4, -0.2) is 29.2 Å². The predicted octanol–water partition coefficient (Wildman–Crippen LogP) is 1.52. The van der Waals surface area contributed by atoms with Gasteiger partial charge >= 0.3 is 0 Å². The van der Waals surface area contributed by atoms with E-state index >= 15 is 0 Å². The quantitative estimate of drug-likeness (QED) is 0.897. The first-order chi connectivity index (χ1) is 9.59. The van der Waals surface area contributed by atoms with Gasteiger partial charge in [-0.3, -0.25) is 0 Å². The zero-order valence-corrected chi connectivity index (χ0v) is 11.7. The summed E-state index contributed by atoms with van der Waals surface area (Å²) in [6.45, 7) is 0.524. The van der Waals surface area contributed by atoms with E-state index in [1.807, 2.05) is 18.3 Å². The van der Waals surface area contributed by atoms with Gasteiger partial charge in [-0.2, -0.15) is 4.31 Å². The number of rotatable bonds is 3. The SMILES string of the molecule is Nc1ccc(S(=O)(=O)N2CCCC2c2ccc[nH]2)cn1. The minimum absolute atomic E-state index is 0.132. The molecule has 3 rings (SSSR count). The van der Waals surface area contributed by atoms with Crippen molar-refractivity contribution in [3.8, 4) is 0 Å². The van der Waals surface area contributed by atoms with Crippen LogP contribution in [0.5, 0.6) is 0 Å². The molecule has 3 N–H and O–H groups in total. The van der Waals surface area contributed by atoms with E-state index in [1.54, 1.807) is 0 Å². The largest absolute Gasteiger partial charge is 0.384 e. The van der Waals surface area contributed by atoms with Gasteiger partial charge in [0.05, 0.1) is 6.04 Å². The van der Waals surface area contributed by atoms with Gasteiger partial charge in [0.15, 0.2) is 0 Å². The Hall–Kier alpha value is -1.86. The van der Waals surface area contributed by atoms with Crippen molar-refractivity contribution in [3.05, 3.63) is 42.4 Å². The topological polar surface area (TPSA) is 92.1 Å². The highest BCUT2D eigenvalue weighted by Crippen LogP contribution is 2.35. The number of aromatic nitrogens is 2. The van der Waals surface area contributed by atoms with Crippen molar-refractivity contribution in [2.75, 3.05) is 12.3 Å². The molecule has 0 spiro atoms. The lowest BCUT2D eigenvalue weighted by molar-refractivity contribution is 0.391. The van der Waals surface area contributed by atoms with E-state index < -0.39 is 10.0 Å². The number of nitrogens with one attached hydrogen (secondary N) is 1. The molecule has 2 aromatic rings. The number of nitrogen functional groups attached to an aromatic ring is 1. The highest BCUT2D eigenvalue weighted by Gasteiger charge is 2.36. The van der Waals surface area contributed by atoms with Gasteiger partial charge in [0.2, 0.25) is 10.0 Å². The highest BCUT2D eigenvalue weighted by atomic mass is 32.2. The van der Waals surface area contributed by atoms with Crippen LogP contribution in [0.3, 0.4) is 0 Å². The summed E-state index contributed by atoms with van der Waals surface area (Å²) in [6.07, 6.45) is 4.80. The predicted molar refractivity (Wildman–Crippen MR) is 75.3 cm³/mol. The molecule has 0 radical (unpaired) electrons. The van der Waals surface area contributed by atoms with Crippen LogP contribution < -0.4 is 5.73 Å². The first kappa shape index (κ1) is 13.1. The molecular weight excluding hydrogens is 276 g/mol. The van der Waals surface area contributed by atoms with E-state index in [4.69, 9.17) is 5.73 Å². The molecule has 0 bridgehead atoms. The monoisotopic (exact) mass is 292 g/mol. The van der Waals surface area contributed by atoms with Gasteiger partial charge in [0, 0.05) is 24.6 Å². The fraction of sp³-hybridized carbons (Fsp3) is 0.308. The second-order valence-electron chi connectivity index (χ2n) is 4.82. The number of pyridine rings is 1. The van der Waals surface area contributed by atoms with E-state index in [0.717, 1.165) is 18.5 Å². The van der Waals surface area contributed by atoms with Gasteiger partial charge in [-0.15, -0.1) is 0 Å². The lowest BCUT2D eigenvalue weighted by atomic mass is 10.2. The number of hydrogen-bond donors (Lipinski definition) is 2. The third-order valence-corrected chi connectivity index (χ3v) is 5.44. The first-order valence-electron chi connectivity index (χ1n) is 6.46. The maximum absolute atomic E-state index is 12.7. The third kappa shape index (κ3) is 2.19. The second kappa shape index (κ2) is 4.92. The van der Waals surface area contributed by atoms with Crippen LogP contribution in [0, 0.1) is 0 Å². The zero-order valence-electron chi connectivity index (χ0n) is 10.9. The number of H-pyrrole nitrogens is 1. The van der Waals surface area contributed by atoms with Crippen LogP contribution in [-0.2, 0) is 10.0 Å². The van der Waals surface area contributed by atoms with Crippen LogP contribution in [0.15, 0.2) is 41.6 Å². The number of sulfonamides is 1. The Morgan fingerprint density at radius 3 is 2.85 bits per heavy atom. The molecule has 1 unspecified atom stereocenters. The summed E-state index contributed by atoms with van der Waals surface area (Å²) >= 11 is 0. The smallest absolute Gasteiger partial charge is 0.245 e. The van der Waals surface area contributed by atoms with Crippen molar-refractivity contribution < 1.29 is 8.42 Å². The Bertz CT molecular complexity index is 680. The maximum Gasteiger partial charge on any atom is 0.245 e. The number of nitrogens with two attached hydrogens (primary N) is 1. The van der Waals surface area contributed by atoms with Crippen LogP contribution in [0.2, 0.25) is 0 Å². The average molecular weight is 292 g/mol. The fourth-order valence-electron chi connectivity index (χ4n) is 2.57. The highest BCUT2D eigenvalue weighted by molar-refractivity contribution is 7.89. The zero-order chi connectivity index (χ0) is 14.2. The summed E-state index contributed by atoms with van der Waals surface area (Å²) in [4.78, 5) is 7.15. The van der Waals surface area contributed by atoms with E-state index in [2.05, 4.69) is 9.97 Å². The van der Waals surface area contributed by atoms with Crippen molar-refractivity contribution >= 4 is 15.8 Å². The fourth-order valence-corrected chi connectivity index (χ4v) is 4.19. The Labute approximate surface area is 117 Å². The molecule has 0 aliphatic carbocycles. The molecule has 20 heavy (non-hydrogen) atoms. The molecule has 7 heteroatoms. The molecule has 0 saturated carbocycles. The Morgan fingerprint density at radius 2 is 2.20 bits per heavy atom. The van der Waals surface area contributed by atoms with E-state index in [1.165, 1.54) is 22.6 Å². The number of nitrogens with zero attached hydrogens (tertiary/aromatic N) is 2. The van der Waals surface area contributed by atoms with Gasteiger partial charge in [-0.05, 0) is 37.1 Å².